The summed E-state index contributed by atoms with van der Waals surface area (Å²) in [6.45, 7) is 13.7. The van der Waals surface area contributed by atoms with Gasteiger partial charge in [0.25, 0.3) is 0 Å². The van der Waals surface area contributed by atoms with Crippen LogP contribution in [0.2, 0.25) is 0 Å². The molecule has 0 spiro atoms. The summed E-state index contributed by atoms with van der Waals surface area (Å²) in [7, 11) is 0. The second-order valence-electron chi connectivity index (χ2n) is 5.84. The van der Waals surface area contributed by atoms with E-state index in [1.165, 1.54) is 0 Å². The maximum atomic E-state index is 11.4. The number of carbonyl (C=O) groups excluding carboxylic acids is 1. The average molecular weight is 414 g/mol. The van der Waals surface area contributed by atoms with E-state index in [0.717, 1.165) is 18.9 Å². The molecule has 1 amide bonds. The Morgan fingerprint density at radius 1 is 1.24 bits per heavy atom. The van der Waals surface area contributed by atoms with E-state index in [1.54, 1.807) is 0 Å². The molecule has 7 heteroatoms. The van der Waals surface area contributed by atoms with Crippen LogP contribution in [0.5, 0.6) is 0 Å². The number of rotatable bonds is 6. The molecule has 126 valence electrons. The predicted octanol–water partition coefficient (Wildman–Crippen LogP) is 2.48. The molecule has 0 fully saturated rings. The monoisotopic (exact) mass is 414 g/mol. The van der Waals surface area contributed by atoms with E-state index >= 15 is 0 Å². The van der Waals surface area contributed by atoms with Gasteiger partial charge >= 0.3 is 6.09 Å². The van der Waals surface area contributed by atoms with Crippen molar-refractivity contribution in [2.45, 2.75) is 59.6 Å². The van der Waals surface area contributed by atoms with Crippen molar-refractivity contribution >= 4 is 36.0 Å². The lowest BCUT2D eigenvalue weighted by atomic mass is 10.2. The standard InChI is InChI=1S/C14H30N4O2.HI/c1-7-15-12(18-11(2)3)16-9-8-10-17-13(19)20-14(4,5)6;/h11H,7-10H2,1-6H3,(H,17,19)(H2,15,16,18);1H. The number of halogens is 1. The van der Waals surface area contributed by atoms with Crippen molar-refractivity contribution in [2.24, 2.45) is 4.99 Å². The van der Waals surface area contributed by atoms with E-state index in [2.05, 4.69) is 34.8 Å². The summed E-state index contributed by atoms with van der Waals surface area (Å²) >= 11 is 0. The zero-order valence-corrected chi connectivity index (χ0v) is 16.4. The van der Waals surface area contributed by atoms with Crippen LogP contribution >= 0.6 is 24.0 Å². The molecule has 0 heterocycles. The van der Waals surface area contributed by atoms with E-state index in [1.807, 2.05) is 27.7 Å². The van der Waals surface area contributed by atoms with Crippen LogP contribution < -0.4 is 16.0 Å². The SMILES string of the molecule is CCNC(=NCCCNC(=O)OC(C)(C)C)NC(C)C.I. The van der Waals surface area contributed by atoms with Crippen molar-refractivity contribution in [1.29, 1.82) is 0 Å². The molecule has 21 heavy (non-hydrogen) atoms. The Labute approximate surface area is 145 Å². The number of nitrogens with one attached hydrogen (secondary N) is 3. The van der Waals surface area contributed by atoms with Gasteiger partial charge in [-0.15, -0.1) is 24.0 Å². The molecule has 0 atom stereocenters. The van der Waals surface area contributed by atoms with Crippen molar-refractivity contribution < 1.29 is 9.53 Å². The Balaban J connectivity index is 0. The predicted molar refractivity (Wildman–Crippen MR) is 98.5 cm³/mol. The van der Waals surface area contributed by atoms with E-state index in [9.17, 15) is 4.79 Å². The molecule has 0 bridgehead atoms. The van der Waals surface area contributed by atoms with Crippen molar-refractivity contribution in [3.05, 3.63) is 0 Å². The Hall–Kier alpha value is -0.730. The molecule has 3 N–H and O–H groups in total. The van der Waals surface area contributed by atoms with Gasteiger partial charge in [-0.05, 0) is 48.0 Å². The maximum Gasteiger partial charge on any atom is 0.407 e. The smallest absolute Gasteiger partial charge is 0.407 e. The quantitative estimate of drug-likeness (QED) is 0.270. The third-order valence-electron chi connectivity index (χ3n) is 2.04. The normalized spacial score (nSPS) is 11.7. The van der Waals surface area contributed by atoms with Crippen LogP contribution in [0.25, 0.3) is 0 Å². The lowest BCUT2D eigenvalue weighted by Crippen LogP contribution is -2.41. The molecule has 0 saturated heterocycles. The van der Waals surface area contributed by atoms with Crippen molar-refractivity contribution in [3.8, 4) is 0 Å². The van der Waals surface area contributed by atoms with Crippen LogP contribution in [0, 0.1) is 0 Å². The average Bonchev–Trinajstić information content (AvgIpc) is 2.25. The van der Waals surface area contributed by atoms with Gasteiger partial charge in [0.05, 0.1) is 0 Å². The third kappa shape index (κ3) is 15.5. The molecular weight excluding hydrogens is 383 g/mol. The zero-order chi connectivity index (χ0) is 15.6. The minimum absolute atomic E-state index is 0. The number of aliphatic imine (C=N–C) groups is 1. The number of ether oxygens (including phenoxy) is 1. The maximum absolute atomic E-state index is 11.4. The van der Waals surface area contributed by atoms with Gasteiger partial charge in [-0.25, -0.2) is 4.79 Å². The molecule has 6 nitrogen and oxygen atoms in total. The Morgan fingerprint density at radius 3 is 2.33 bits per heavy atom. The lowest BCUT2D eigenvalue weighted by molar-refractivity contribution is 0.0527. The van der Waals surface area contributed by atoms with E-state index in [0.29, 0.717) is 19.1 Å². The summed E-state index contributed by atoms with van der Waals surface area (Å²) in [5, 5.41) is 9.12. The van der Waals surface area contributed by atoms with Crippen LogP contribution in [0.3, 0.4) is 0 Å². The first kappa shape index (κ1) is 22.5. The number of nitrogens with zero attached hydrogens (tertiary/aromatic N) is 1. The van der Waals surface area contributed by atoms with E-state index in [-0.39, 0.29) is 30.1 Å². The van der Waals surface area contributed by atoms with Crippen molar-refractivity contribution in [1.82, 2.24) is 16.0 Å². The minimum Gasteiger partial charge on any atom is -0.444 e. The minimum atomic E-state index is -0.457. The molecule has 0 rings (SSSR count). The highest BCUT2D eigenvalue weighted by Crippen LogP contribution is 2.06. The van der Waals surface area contributed by atoms with Crippen LogP contribution in [0.1, 0.15) is 48.0 Å². The van der Waals surface area contributed by atoms with Crippen LogP contribution in [0.4, 0.5) is 4.79 Å². The van der Waals surface area contributed by atoms with Gasteiger partial charge in [0.15, 0.2) is 5.96 Å². The van der Waals surface area contributed by atoms with Crippen molar-refractivity contribution in [3.63, 3.8) is 0 Å². The molecule has 0 radical (unpaired) electrons. The second-order valence-corrected chi connectivity index (χ2v) is 5.84. The van der Waals surface area contributed by atoms with Crippen LogP contribution in [0.15, 0.2) is 4.99 Å². The van der Waals surface area contributed by atoms with Crippen LogP contribution in [-0.4, -0.2) is 43.3 Å². The molecule has 0 unspecified atom stereocenters. The third-order valence-corrected chi connectivity index (χ3v) is 2.04. The van der Waals surface area contributed by atoms with Gasteiger partial charge in [-0.3, -0.25) is 4.99 Å². The number of hydrogen-bond donors (Lipinski definition) is 3. The van der Waals surface area contributed by atoms with Gasteiger partial charge < -0.3 is 20.7 Å². The fraction of sp³-hybridized carbons (Fsp3) is 0.857. The van der Waals surface area contributed by atoms with E-state index in [4.69, 9.17) is 4.74 Å². The topological polar surface area (TPSA) is 74.8 Å². The summed E-state index contributed by atoms with van der Waals surface area (Å²) in [5.74, 6) is 0.805. The number of amides is 1. The molecule has 0 aromatic carbocycles. The molecule has 0 saturated carbocycles. The molecular formula is C14H31IN4O2. The molecule has 0 aromatic rings. The highest BCUT2D eigenvalue weighted by Gasteiger charge is 2.15. The summed E-state index contributed by atoms with van der Waals surface area (Å²) in [4.78, 5) is 15.8. The summed E-state index contributed by atoms with van der Waals surface area (Å²) in [6, 6.07) is 0.340. The lowest BCUT2D eigenvalue weighted by Gasteiger charge is -2.19. The van der Waals surface area contributed by atoms with Gasteiger partial charge in [-0.1, -0.05) is 0 Å². The molecule has 0 aromatic heterocycles. The summed E-state index contributed by atoms with van der Waals surface area (Å²) in [5.41, 5.74) is -0.457. The van der Waals surface area contributed by atoms with Gasteiger partial charge in [0.1, 0.15) is 5.60 Å². The Bertz CT molecular complexity index is 315. The number of alkyl carbamates (subject to hydrolysis) is 1. The summed E-state index contributed by atoms with van der Waals surface area (Å²) < 4.78 is 5.15. The zero-order valence-electron chi connectivity index (χ0n) is 14.1. The van der Waals surface area contributed by atoms with Gasteiger partial charge in [0, 0.05) is 25.7 Å². The number of hydrogen-bond acceptors (Lipinski definition) is 3. The van der Waals surface area contributed by atoms with Gasteiger partial charge in [-0.2, -0.15) is 0 Å². The Morgan fingerprint density at radius 2 is 1.86 bits per heavy atom. The first-order valence-electron chi connectivity index (χ1n) is 7.26. The molecule has 0 aliphatic rings. The highest BCUT2D eigenvalue weighted by molar-refractivity contribution is 14.0. The van der Waals surface area contributed by atoms with Crippen LogP contribution in [-0.2, 0) is 4.74 Å². The Kier molecular flexibility index (Phi) is 12.8. The molecule has 0 aliphatic carbocycles. The second kappa shape index (κ2) is 11.9. The summed E-state index contributed by atoms with van der Waals surface area (Å²) in [6.07, 6.45) is 0.391. The number of carbonyl (C=O) groups is 1. The largest absolute Gasteiger partial charge is 0.444 e. The number of guanidine groups is 1. The first-order valence-corrected chi connectivity index (χ1v) is 7.26. The van der Waals surface area contributed by atoms with Crippen molar-refractivity contribution in [2.75, 3.05) is 19.6 Å². The fourth-order valence-electron chi connectivity index (χ4n) is 1.37. The molecule has 0 aliphatic heterocycles. The first-order chi connectivity index (χ1) is 9.24. The highest BCUT2D eigenvalue weighted by atomic mass is 127. The van der Waals surface area contributed by atoms with E-state index < -0.39 is 5.60 Å². The van der Waals surface area contributed by atoms with Gasteiger partial charge in [0.2, 0.25) is 0 Å². The fourth-order valence-corrected chi connectivity index (χ4v) is 1.37.